The van der Waals surface area contributed by atoms with Crippen LogP contribution >= 0.6 is 0 Å². The van der Waals surface area contributed by atoms with E-state index in [0.717, 1.165) is 22.2 Å². The van der Waals surface area contributed by atoms with Gasteiger partial charge in [0.05, 0.1) is 11.1 Å². The summed E-state index contributed by atoms with van der Waals surface area (Å²) in [4.78, 5) is 38.1. The summed E-state index contributed by atoms with van der Waals surface area (Å²) in [7, 11) is 0. The second-order valence-corrected chi connectivity index (χ2v) is 10.3. The third-order valence-corrected chi connectivity index (χ3v) is 6.95. The molecule has 4 N–H and O–H groups in total. The summed E-state index contributed by atoms with van der Waals surface area (Å²) in [5.74, 6) is -2.81. The van der Waals surface area contributed by atoms with Crippen LogP contribution in [0.15, 0.2) is 83.6 Å². The molecule has 198 valence electrons. The predicted octanol–water partition coefficient (Wildman–Crippen LogP) is 6.99. The van der Waals surface area contributed by atoms with Crippen LogP contribution in [0.3, 0.4) is 0 Å². The van der Waals surface area contributed by atoms with Crippen LogP contribution in [0.5, 0.6) is 0 Å². The molecule has 0 saturated heterocycles. The molecule has 0 bridgehead atoms. The molecule has 0 unspecified atom stereocenters. The van der Waals surface area contributed by atoms with Gasteiger partial charge in [-0.1, -0.05) is 35.4 Å². The normalized spacial score (nSPS) is 14.0. The smallest absolute Gasteiger partial charge is 0.237 e. The molecule has 0 saturated carbocycles. The fourth-order valence-corrected chi connectivity index (χ4v) is 4.90. The molecule has 1 aliphatic carbocycles. The highest BCUT2D eigenvalue weighted by atomic mass is 17.1. The second kappa shape index (κ2) is 10.3. The summed E-state index contributed by atoms with van der Waals surface area (Å²) in [5, 5.41) is 22.3. The van der Waals surface area contributed by atoms with Crippen LogP contribution in [0, 0.1) is 0 Å². The van der Waals surface area contributed by atoms with Crippen LogP contribution in [0.2, 0.25) is 0 Å². The van der Waals surface area contributed by atoms with Crippen LogP contribution in [0.1, 0.15) is 49.9 Å². The first-order valence-electron chi connectivity index (χ1n) is 12.8. The van der Waals surface area contributed by atoms with Crippen molar-refractivity contribution in [1.29, 1.82) is 0 Å². The van der Waals surface area contributed by atoms with Crippen molar-refractivity contribution in [3.05, 3.63) is 106 Å². The van der Waals surface area contributed by atoms with E-state index in [1.807, 2.05) is 64.1 Å². The van der Waals surface area contributed by atoms with E-state index >= 15 is 0 Å². The number of aliphatic hydroxyl groups excluding tert-OH is 1. The minimum atomic E-state index is -0.806. The lowest BCUT2D eigenvalue weighted by molar-refractivity contribution is -0.203. The number of benzene rings is 2. The maximum atomic E-state index is 13.7. The molecule has 0 radical (unpaired) electrons. The van der Waals surface area contributed by atoms with Crippen molar-refractivity contribution in [2.75, 3.05) is 0 Å². The molecule has 2 heterocycles. The zero-order valence-electron chi connectivity index (χ0n) is 22.3. The van der Waals surface area contributed by atoms with Gasteiger partial charge in [0, 0.05) is 45.3 Å². The van der Waals surface area contributed by atoms with E-state index in [0.29, 0.717) is 34.7 Å². The van der Waals surface area contributed by atoms with Crippen LogP contribution in [0.25, 0.3) is 33.0 Å². The first-order valence-corrected chi connectivity index (χ1v) is 12.8. The third-order valence-electron chi connectivity index (χ3n) is 6.95. The molecular weight excluding hydrogens is 492 g/mol. The summed E-state index contributed by atoms with van der Waals surface area (Å²) < 4.78 is 0. The van der Waals surface area contributed by atoms with Crippen LogP contribution in [-0.4, -0.2) is 31.9 Å². The van der Waals surface area contributed by atoms with E-state index in [9.17, 15) is 20.0 Å². The summed E-state index contributed by atoms with van der Waals surface area (Å²) in [6, 6.07) is 11.6. The maximum Gasteiger partial charge on any atom is 0.237 e. The number of aliphatic hydroxyl groups is 1. The molecule has 4 aromatic rings. The lowest BCUT2D eigenvalue weighted by Gasteiger charge is -2.19. The van der Waals surface area contributed by atoms with Crippen LogP contribution in [0.4, 0.5) is 0 Å². The number of hydrogen-bond donors (Lipinski definition) is 4. The Morgan fingerprint density at radius 2 is 1.26 bits per heavy atom. The Hall–Kier alpha value is -4.62. The third kappa shape index (κ3) is 4.73. The molecule has 39 heavy (non-hydrogen) atoms. The Balaban J connectivity index is 1.62. The molecule has 0 atom stereocenters. The molecule has 1 aliphatic rings. The van der Waals surface area contributed by atoms with Crippen molar-refractivity contribution in [3.63, 3.8) is 0 Å². The van der Waals surface area contributed by atoms with E-state index < -0.39 is 23.1 Å². The van der Waals surface area contributed by atoms with Crippen LogP contribution < -0.4 is 0 Å². The first-order chi connectivity index (χ1) is 18.7. The zero-order chi connectivity index (χ0) is 27.8. The molecule has 0 aliphatic heterocycles. The van der Waals surface area contributed by atoms with Crippen LogP contribution in [-0.2, 0) is 27.3 Å². The zero-order valence-corrected chi connectivity index (χ0v) is 22.3. The summed E-state index contributed by atoms with van der Waals surface area (Å²) in [6.45, 7) is 8.08. The number of allylic oxidation sites excluding steroid dienone is 6. The van der Waals surface area contributed by atoms with Gasteiger partial charge < -0.3 is 20.0 Å². The predicted molar refractivity (Wildman–Crippen MR) is 153 cm³/mol. The number of aromatic nitrogens is 2. The summed E-state index contributed by atoms with van der Waals surface area (Å²) in [5.41, 5.74) is 6.17. The number of carbonyl (C=O) groups excluding carboxylic acids is 2. The maximum absolute atomic E-state index is 13.7. The van der Waals surface area contributed by atoms with Gasteiger partial charge >= 0.3 is 0 Å². The van der Waals surface area contributed by atoms with Crippen molar-refractivity contribution >= 4 is 44.5 Å². The number of fused-ring (bicyclic) bond motifs is 2. The van der Waals surface area contributed by atoms with Gasteiger partial charge in [-0.15, -0.1) is 0 Å². The average molecular weight is 523 g/mol. The van der Waals surface area contributed by atoms with Gasteiger partial charge in [0.2, 0.25) is 17.3 Å². The molecule has 0 fully saturated rings. The van der Waals surface area contributed by atoms with Crippen molar-refractivity contribution in [3.8, 4) is 0 Å². The highest BCUT2D eigenvalue weighted by Crippen LogP contribution is 2.39. The van der Waals surface area contributed by atoms with Gasteiger partial charge in [-0.25, -0.2) is 5.26 Å². The Kier molecular flexibility index (Phi) is 6.85. The topological polar surface area (TPSA) is 115 Å². The van der Waals surface area contributed by atoms with Gasteiger partial charge in [-0.05, 0) is 75.9 Å². The van der Waals surface area contributed by atoms with Crippen molar-refractivity contribution < 1.29 is 24.8 Å². The van der Waals surface area contributed by atoms with Gasteiger partial charge in [0.25, 0.3) is 0 Å². The van der Waals surface area contributed by atoms with E-state index in [1.54, 1.807) is 12.4 Å². The Labute approximate surface area is 225 Å². The lowest BCUT2D eigenvalue weighted by atomic mass is 9.85. The van der Waals surface area contributed by atoms with Gasteiger partial charge in [0.15, 0.2) is 5.76 Å². The second-order valence-electron chi connectivity index (χ2n) is 10.3. The summed E-state index contributed by atoms with van der Waals surface area (Å²) >= 11 is 0. The number of aromatic amines is 2. The minimum absolute atomic E-state index is 0.196. The van der Waals surface area contributed by atoms with E-state index in [4.69, 9.17) is 0 Å². The van der Waals surface area contributed by atoms with E-state index in [1.165, 1.54) is 11.1 Å². The van der Waals surface area contributed by atoms with E-state index in [-0.39, 0.29) is 11.1 Å². The standard InChI is InChI=1S/C32H30N2O5/c1-17(2)5-7-19-9-11-25-21(13-19)23(15-33-25)27-29(35)30(36)28(32(39-38)31(27)37)24-16-34-26-12-10-20(14-22(24)26)8-6-18(3)4/h5-6,9-16,33-35,38H,7-8H2,1-4H3. The number of nitrogens with one attached hydrogen (secondary N) is 2. The summed E-state index contributed by atoms with van der Waals surface area (Å²) in [6.07, 6.45) is 8.74. The molecule has 2 aromatic carbocycles. The molecule has 7 heteroatoms. The van der Waals surface area contributed by atoms with Crippen molar-refractivity contribution in [1.82, 2.24) is 9.97 Å². The molecule has 0 spiro atoms. The molecular formula is C32H30N2O5. The average Bonchev–Trinajstić information content (AvgIpc) is 3.52. The van der Waals surface area contributed by atoms with Crippen molar-refractivity contribution in [2.45, 2.75) is 40.5 Å². The fourth-order valence-electron chi connectivity index (χ4n) is 4.90. The molecule has 2 aromatic heterocycles. The van der Waals surface area contributed by atoms with E-state index in [2.05, 4.69) is 27.0 Å². The van der Waals surface area contributed by atoms with Gasteiger partial charge in [-0.3, -0.25) is 9.59 Å². The Bertz CT molecular complexity index is 1770. The minimum Gasteiger partial charge on any atom is -0.504 e. The number of Topliss-reactive ketones (excluding diaryl/α,β-unsaturated/α-hetero) is 2. The number of carbonyl (C=O) groups is 2. The van der Waals surface area contributed by atoms with Gasteiger partial charge in [-0.2, -0.15) is 0 Å². The van der Waals surface area contributed by atoms with Gasteiger partial charge in [0.1, 0.15) is 0 Å². The van der Waals surface area contributed by atoms with Crippen molar-refractivity contribution in [2.24, 2.45) is 0 Å². The monoisotopic (exact) mass is 522 g/mol. The SMILES string of the molecule is CC(C)=CCc1ccc2[nH]cc(C3=C(O)C(=O)C(c4c[nH]c5ccc(CC=C(C)C)cc45)=C(OO)C3=O)c2c1. The number of rotatable bonds is 7. The lowest BCUT2D eigenvalue weighted by Crippen LogP contribution is -2.23. The highest BCUT2D eigenvalue weighted by Gasteiger charge is 2.39. The Morgan fingerprint density at radius 3 is 1.72 bits per heavy atom. The largest absolute Gasteiger partial charge is 0.504 e. The number of H-pyrrole nitrogens is 2. The number of hydrogen-bond acceptors (Lipinski definition) is 5. The Morgan fingerprint density at radius 1 is 0.769 bits per heavy atom. The molecule has 0 amide bonds. The molecule has 5 rings (SSSR count). The fraction of sp³-hybridized carbons (Fsp3) is 0.188. The molecule has 7 nitrogen and oxygen atoms in total. The number of ketones is 2. The first kappa shape index (κ1) is 26.0. The quantitative estimate of drug-likeness (QED) is 0.0904. The highest BCUT2D eigenvalue weighted by molar-refractivity contribution is 6.48.